The maximum Gasteiger partial charge on any atom is 0.0729 e. The van der Waals surface area contributed by atoms with Crippen molar-refractivity contribution in [2.24, 2.45) is 0 Å². The van der Waals surface area contributed by atoms with Gasteiger partial charge in [0.2, 0.25) is 0 Å². The van der Waals surface area contributed by atoms with Gasteiger partial charge in [0, 0.05) is 24.0 Å². The van der Waals surface area contributed by atoms with Gasteiger partial charge in [-0.3, -0.25) is 4.68 Å². The summed E-state index contributed by atoms with van der Waals surface area (Å²) in [6, 6.07) is 8.52. The van der Waals surface area contributed by atoms with E-state index in [-0.39, 0.29) is 0 Å². The van der Waals surface area contributed by atoms with Crippen LogP contribution in [-0.2, 0) is 13.1 Å². The van der Waals surface area contributed by atoms with E-state index in [9.17, 15) is 0 Å². The molecule has 1 N–H and O–H groups in total. The Labute approximate surface area is 110 Å². The molecule has 4 heteroatoms. The Hall–Kier alpha value is -1.81. The maximum absolute atomic E-state index is 4.25. The average Bonchev–Trinajstić information content (AvgIpc) is 3.03. The standard InChI is InChI=1S/C14H15N3S/c1-2-17-9-12(8-16-17)15-7-11-10-18-14-6-4-3-5-13(11)14/h3-6,8-10,15H,2,7H2,1H3. The predicted molar refractivity (Wildman–Crippen MR) is 77.1 cm³/mol. The monoisotopic (exact) mass is 257 g/mol. The molecule has 0 bridgehead atoms. The lowest BCUT2D eigenvalue weighted by atomic mass is 10.2. The minimum Gasteiger partial charge on any atom is -0.378 e. The molecule has 2 heterocycles. The third-order valence-corrected chi connectivity index (χ3v) is 4.01. The molecule has 0 unspecified atom stereocenters. The van der Waals surface area contributed by atoms with E-state index < -0.39 is 0 Å². The number of thiophene rings is 1. The topological polar surface area (TPSA) is 29.9 Å². The van der Waals surface area contributed by atoms with Gasteiger partial charge in [-0.05, 0) is 29.3 Å². The number of fused-ring (bicyclic) bond motifs is 1. The Bertz CT molecular complexity index is 654. The predicted octanol–water partition coefficient (Wildman–Crippen LogP) is 3.73. The summed E-state index contributed by atoms with van der Waals surface area (Å²) in [5.41, 5.74) is 2.42. The SMILES string of the molecule is CCn1cc(NCc2csc3ccccc23)cn1. The van der Waals surface area contributed by atoms with Gasteiger partial charge in [-0.2, -0.15) is 5.10 Å². The highest BCUT2D eigenvalue weighted by Crippen LogP contribution is 2.26. The van der Waals surface area contributed by atoms with Gasteiger partial charge in [0.05, 0.1) is 11.9 Å². The van der Waals surface area contributed by atoms with Gasteiger partial charge in [-0.25, -0.2) is 0 Å². The molecule has 0 aliphatic carbocycles. The molecule has 0 amide bonds. The Kier molecular flexibility index (Phi) is 3.02. The lowest BCUT2D eigenvalue weighted by molar-refractivity contribution is 0.660. The zero-order valence-electron chi connectivity index (χ0n) is 10.3. The summed E-state index contributed by atoms with van der Waals surface area (Å²) in [7, 11) is 0. The molecule has 92 valence electrons. The number of hydrogen-bond acceptors (Lipinski definition) is 3. The fourth-order valence-corrected chi connectivity index (χ4v) is 2.96. The van der Waals surface area contributed by atoms with E-state index in [0.29, 0.717) is 0 Å². The third-order valence-electron chi connectivity index (χ3n) is 3.00. The number of aryl methyl sites for hydroxylation is 1. The molecule has 0 spiro atoms. The number of nitrogens with zero attached hydrogens (tertiary/aromatic N) is 2. The van der Waals surface area contributed by atoms with Crippen LogP contribution >= 0.6 is 11.3 Å². The molecule has 0 aliphatic heterocycles. The van der Waals surface area contributed by atoms with Gasteiger partial charge >= 0.3 is 0 Å². The molecule has 3 aromatic rings. The summed E-state index contributed by atoms with van der Waals surface area (Å²) >= 11 is 1.80. The van der Waals surface area contributed by atoms with Gasteiger partial charge in [-0.15, -0.1) is 11.3 Å². The van der Waals surface area contributed by atoms with E-state index in [1.165, 1.54) is 15.6 Å². The molecule has 3 nitrogen and oxygen atoms in total. The van der Waals surface area contributed by atoms with Crippen LogP contribution in [0.25, 0.3) is 10.1 Å². The molecule has 1 aromatic carbocycles. The summed E-state index contributed by atoms with van der Waals surface area (Å²) in [4.78, 5) is 0. The van der Waals surface area contributed by atoms with Gasteiger partial charge in [0.25, 0.3) is 0 Å². The largest absolute Gasteiger partial charge is 0.378 e. The maximum atomic E-state index is 4.25. The van der Waals surface area contributed by atoms with Crippen molar-refractivity contribution in [3.05, 3.63) is 47.6 Å². The van der Waals surface area contributed by atoms with Crippen molar-refractivity contribution >= 4 is 27.1 Å². The molecule has 3 rings (SSSR count). The van der Waals surface area contributed by atoms with E-state index in [4.69, 9.17) is 0 Å². The van der Waals surface area contributed by atoms with Crippen LogP contribution in [0.2, 0.25) is 0 Å². The molecule has 2 aromatic heterocycles. The first-order valence-electron chi connectivity index (χ1n) is 6.08. The van der Waals surface area contributed by atoms with Crippen LogP contribution in [0, 0.1) is 0 Å². The van der Waals surface area contributed by atoms with E-state index in [1.54, 1.807) is 11.3 Å². The van der Waals surface area contributed by atoms with Crippen molar-refractivity contribution in [3.8, 4) is 0 Å². The number of anilines is 1. The summed E-state index contributed by atoms with van der Waals surface area (Å²) in [6.07, 6.45) is 3.91. The van der Waals surface area contributed by atoms with Gasteiger partial charge in [0.15, 0.2) is 0 Å². The molecule has 0 atom stereocenters. The lowest BCUT2D eigenvalue weighted by Crippen LogP contribution is -1.97. The zero-order chi connectivity index (χ0) is 12.4. The minimum absolute atomic E-state index is 0.847. The smallest absolute Gasteiger partial charge is 0.0729 e. The zero-order valence-corrected chi connectivity index (χ0v) is 11.1. The second kappa shape index (κ2) is 4.82. The summed E-state index contributed by atoms with van der Waals surface area (Å²) in [5, 5.41) is 11.2. The molecular formula is C14H15N3S. The fourth-order valence-electron chi connectivity index (χ4n) is 1.99. The van der Waals surface area contributed by atoms with Crippen LogP contribution in [0.3, 0.4) is 0 Å². The highest BCUT2D eigenvalue weighted by Gasteiger charge is 2.03. The van der Waals surface area contributed by atoms with Crippen molar-refractivity contribution < 1.29 is 0 Å². The van der Waals surface area contributed by atoms with Crippen LogP contribution < -0.4 is 5.32 Å². The third kappa shape index (κ3) is 2.11. The van der Waals surface area contributed by atoms with Crippen LogP contribution in [0.15, 0.2) is 42.0 Å². The number of nitrogens with one attached hydrogen (secondary N) is 1. The normalized spacial score (nSPS) is 10.9. The van der Waals surface area contributed by atoms with E-state index >= 15 is 0 Å². The van der Waals surface area contributed by atoms with Crippen molar-refractivity contribution in [2.45, 2.75) is 20.0 Å². The first-order chi connectivity index (χ1) is 8.86. The molecule has 0 saturated carbocycles. The first-order valence-corrected chi connectivity index (χ1v) is 6.96. The van der Waals surface area contributed by atoms with Crippen molar-refractivity contribution in [2.75, 3.05) is 5.32 Å². The Morgan fingerprint density at radius 2 is 2.22 bits per heavy atom. The Morgan fingerprint density at radius 1 is 1.33 bits per heavy atom. The van der Waals surface area contributed by atoms with Gasteiger partial charge in [-0.1, -0.05) is 18.2 Å². The highest BCUT2D eigenvalue weighted by molar-refractivity contribution is 7.17. The molecular weight excluding hydrogens is 242 g/mol. The van der Waals surface area contributed by atoms with Crippen LogP contribution in [0.4, 0.5) is 5.69 Å². The van der Waals surface area contributed by atoms with E-state index in [0.717, 1.165) is 18.8 Å². The van der Waals surface area contributed by atoms with Crippen molar-refractivity contribution in [1.29, 1.82) is 0 Å². The summed E-state index contributed by atoms with van der Waals surface area (Å²) in [6.45, 7) is 3.84. The second-order valence-electron chi connectivity index (χ2n) is 4.20. The summed E-state index contributed by atoms with van der Waals surface area (Å²) < 4.78 is 3.27. The molecule has 0 saturated heterocycles. The van der Waals surface area contributed by atoms with E-state index in [1.807, 2.05) is 17.1 Å². The van der Waals surface area contributed by atoms with Gasteiger partial charge < -0.3 is 5.32 Å². The molecule has 18 heavy (non-hydrogen) atoms. The second-order valence-corrected chi connectivity index (χ2v) is 5.11. The van der Waals surface area contributed by atoms with Gasteiger partial charge in [0.1, 0.15) is 0 Å². The van der Waals surface area contributed by atoms with Crippen LogP contribution in [-0.4, -0.2) is 9.78 Å². The summed E-state index contributed by atoms with van der Waals surface area (Å²) in [5.74, 6) is 0. The fraction of sp³-hybridized carbons (Fsp3) is 0.214. The molecule has 0 fully saturated rings. The van der Waals surface area contributed by atoms with Crippen LogP contribution in [0.1, 0.15) is 12.5 Å². The van der Waals surface area contributed by atoms with Crippen LogP contribution in [0.5, 0.6) is 0 Å². The quantitative estimate of drug-likeness (QED) is 0.771. The average molecular weight is 257 g/mol. The van der Waals surface area contributed by atoms with Crippen molar-refractivity contribution in [3.63, 3.8) is 0 Å². The Balaban J connectivity index is 1.76. The number of benzene rings is 1. The molecule has 0 aliphatic rings. The van der Waals surface area contributed by atoms with E-state index in [2.05, 4.69) is 47.0 Å². The highest BCUT2D eigenvalue weighted by atomic mass is 32.1. The minimum atomic E-state index is 0.847. The van der Waals surface area contributed by atoms with Crippen molar-refractivity contribution in [1.82, 2.24) is 9.78 Å². The number of rotatable bonds is 4. The first kappa shape index (κ1) is 11.3. The lowest BCUT2D eigenvalue weighted by Gasteiger charge is -2.02. The number of aromatic nitrogens is 2. The number of hydrogen-bond donors (Lipinski definition) is 1. The molecule has 0 radical (unpaired) electrons. The Morgan fingerprint density at radius 3 is 3.06 bits per heavy atom.